The van der Waals surface area contributed by atoms with Crippen molar-refractivity contribution in [1.82, 2.24) is 15.0 Å². The number of aromatic nitrogens is 2. The number of halogens is 1. The Labute approximate surface area is 122 Å². The Morgan fingerprint density at radius 2 is 2.29 bits per heavy atom. The van der Waals surface area contributed by atoms with Crippen LogP contribution in [0.25, 0.3) is 11.4 Å². The first kappa shape index (κ1) is 15.3. The maximum atomic E-state index is 13.3. The van der Waals surface area contributed by atoms with E-state index in [4.69, 9.17) is 9.63 Å². The Hall–Kier alpha value is -2.05. The van der Waals surface area contributed by atoms with E-state index in [2.05, 4.69) is 16.7 Å². The second-order valence-electron chi connectivity index (χ2n) is 4.72. The van der Waals surface area contributed by atoms with Crippen LogP contribution in [-0.2, 0) is 6.54 Å². The topological polar surface area (TPSA) is 62.4 Å². The summed E-state index contributed by atoms with van der Waals surface area (Å²) in [5.41, 5.74) is 1.24. The lowest BCUT2D eigenvalue weighted by Gasteiger charge is -2.16. The summed E-state index contributed by atoms with van der Waals surface area (Å²) in [5.74, 6) is 0.612. The fraction of sp³-hybridized carbons (Fsp3) is 0.333. The van der Waals surface area contributed by atoms with Crippen molar-refractivity contribution >= 4 is 0 Å². The normalized spacial score (nSPS) is 11.0. The van der Waals surface area contributed by atoms with Gasteiger partial charge in [-0.15, -0.1) is 6.58 Å². The van der Waals surface area contributed by atoms with Gasteiger partial charge in [0.15, 0.2) is 0 Å². The van der Waals surface area contributed by atoms with Crippen molar-refractivity contribution in [3.8, 4) is 11.4 Å². The van der Waals surface area contributed by atoms with E-state index in [1.54, 1.807) is 25.1 Å². The predicted molar refractivity (Wildman–Crippen MR) is 77.0 cm³/mol. The first-order valence-electron chi connectivity index (χ1n) is 6.67. The quantitative estimate of drug-likeness (QED) is 0.792. The van der Waals surface area contributed by atoms with Gasteiger partial charge in [-0.1, -0.05) is 11.2 Å². The Morgan fingerprint density at radius 3 is 2.95 bits per heavy atom. The number of aryl methyl sites for hydroxylation is 1. The molecule has 0 saturated heterocycles. The summed E-state index contributed by atoms with van der Waals surface area (Å²) in [6, 6.07) is 4.68. The third-order valence-electron chi connectivity index (χ3n) is 3.05. The second-order valence-corrected chi connectivity index (χ2v) is 4.72. The van der Waals surface area contributed by atoms with E-state index >= 15 is 0 Å². The molecule has 0 bridgehead atoms. The summed E-state index contributed by atoms with van der Waals surface area (Å²) in [7, 11) is 0. The van der Waals surface area contributed by atoms with Crippen LogP contribution in [0.15, 0.2) is 35.4 Å². The molecule has 0 amide bonds. The molecule has 0 atom stereocenters. The predicted octanol–water partition coefficient (Wildman–Crippen LogP) is 2.16. The lowest BCUT2D eigenvalue weighted by atomic mass is 10.1. The van der Waals surface area contributed by atoms with Crippen molar-refractivity contribution in [2.75, 3.05) is 19.7 Å². The molecule has 1 N–H and O–H groups in total. The summed E-state index contributed by atoms with van der Waals surface area (Å²) in [4.78, 5) is 6.23. The zero-order valence-electron chi connectivity index (χ0n) is 11.9. The third-order valence-corrected chi connectivity index (χ3v) is 3.05. The van der Waals surface area contributed by atoms with Gasteiger partial charge in [-0.3, -0.25) is 4.90 Å². The van der Waals surface area contributed by atoms with Crippen LogP contribution >= 0.6 is 0 Å². The van der Waals surface area contributed by atoms with E-state index in [9.17, 15) is 4.39 Å². The van der Waals surface area contributed by atoms with Crippen LogP contribution in [0.5, 0.6) is 0 Å². The molecule has 0 radical (unpaired) electrons. The molecule has 6 heteroatoms. The van der Waals surface area contributed by atoms with Gasteiger partial charge < -0.3 is 9.63 Å². The molecule has 2 aromatic rings. The fourth-order valence-corrected chi connectivity index (χ4v) is 1.97. The van der Waals surface area contributed by atoms with E-state index < -0.39 is 0 Å². The Balaban J connectivity index is 2.13. The first-order chi connectivity index (χ1) is 10.1. The molecule has 0 aliphatic carbocycles. The van der Waals surface area contributed by atoms with Gasteiger partial charge in [0.05, 0.1) is 13.2 Å². The maximum Gasteiger partial charge on any atom is 0.241 e. The van der Waals surface area contributed by atoms with Crippen LogP contribution in [-0.4, -0.2) is 39.8 Å². The average molecular weight is 291 g/mol. The summed E-state index contributed by atoms with van der Waals surface area (Å²) in [6.45, 7) is 6.95. The molecule has 0 fully saturated rings. The van der Waals surface area contributed by atoms with Gasteiger partial charge >= 0.3 is 0 Å². The van der Waals surface area contributed by atoms with Crippen molar-refractivity contribution in [1.29, 1.82) is 0 Å². The van der Waals surface area contributed by atoms with Crippen molar-refractivity contribution in [2.45, 2.75) is 13.5 Å². The molecule has 1 aromatic carbocycles. The minimum atomic E-state index is -0.262. The van der Waals surface area contributed by atoms with Crippen molar-refractivity contribution in [3.05, 3.63) is 48.1 Å². The Morgan fingerprint density at radius 1 is 1.48 bits per heavy atom. The van der Waals surface area contributed by atoms with Gasteiger partial charge in [-0.25, -0.2) is 4.39 Å². The monoisotopic (exact) mass is 291 g/mol. The highest BCUT2D eigenvalue weighted by molar-refractivity contribution is 5.55. The molecule has 0 aliphatic heterocycles. The second kappa shape index (κ2) is 7.10. The Kier molecular flexibility index (Phi) is 5.19. The smallest absolute Gasteiger partial charge is 0.241 e. The highest BCUT2D eigenvalue weighted by Gasteiger charge is 2.13. The zero-order chi connectivity index (χ0) is 15.2. The van der Waals surface area contributed by atoms with Crippen LogP contribution in [0, 0.1) is 12.7 Å². The maximum absolute atomic E-state index is 13.3. The molecule has 0 saturated carbocycles. The van der Waals surface area contributed by atoms with Crippen LogP contribution < -0.4 is 0 Å². The van der Waals surface area contributed by atoms with E-state index in [-0.39, 0.29) is 12.4 Å². The van der Waals surface area contributed by atoms with Crippen molar-refractivity contribution in [3.63, 3.8) is 0 Å². The van der Waals surface area contributed by atoms with E-state index in [0.29, 0.717) is 42.5 Å². The van der Waals surface area contributed by atoms with Crippen molar-refractivity contribution < 1.29 is 14.0 Å². The molecular weight excluding hydrogens is 273 g/mol. The molecule has 2 rings (SSSR count). The van der Waals surface area contributed by atoms with Crippen LogP contribution in [0.1, 0.15) is 11.5 Å². The number of benzene rings is 1. The summed E-state index contributed by atoms with van der Waals surface area (Å²) < 4.78 is 18.5. The molecule has 1 heterocycles. The fourth-order valence-electron chi connectivity index (χ4n) is 1.97. The zero-order valence-corrected chi connectivity index (χ0v) is 11.9. The Bertz CT molecular complexity index is 613. The van der Waals surface area contributed by atoms with Gasteiger partial charge in [0.1, 0.15) is 5.82 Å². The highest BCUT2D eigenvalue weighted by atomic mass is 19.1. The molecule has 21 heavy (non-hydrogen) atoms. The number of hydrogen-bond donors (Lipinski definition) is 1. The number of nitrogens with zero attached hydrogens (tertiary/aromatic N) is 3. The van der Waals surface area contributed by atoms with Gasteiger partial charge in [0.2, 0.25) is 11.7 Å². The van der Waals surface area contributed by atoms with E-state index in [0.717, 1.165) is 0 Å². The number of hydrogen-bond acceptors (Lipinski definition) is 5. The lowest BCUT2D eigenvalue weighted by Crippen LogP contribution is -2.26. The molecule has 112 valence electrons. The van der Waals surface area contributed by atoms with E-state index in [1.807, 2.05) is 4.90 Å². The minimum absolute atomic E-state index is 0.0476. The molecule has 0 spiro atoms. The van der Waals surface area contributed by atoms with Crippen molar-refractivity contribution in [2.24, 2.45) is 0 Å². The van der Waals surface area contributed by atoms with Gasteiger partial charge in [-0.2, -0.15) is 4.98 Å². The average Bonchev–Trinajstić information content (AvgIpc) is 2.91. The van der Waals surface area contributed by atoms with Crippen LogP contribution in [0.3, 0.4) is 0 Å². The number of aliphatic hydroxyl groups excluding tert-OH is 1. The van der Waals surface area contributed by atoms with Gasteiger partial charge in [0.25, 0.3) is 0 Å². The molecule has 1 aromatic heterocycles. The molecule has 0 aliphatic rings. The number of aliphatic hydroxyl groups is 1. The standard InChI is InChI=1S/C15H18FN3O2/c1-3-6-19(7-8-20)10-14-17-15(18-21-14)12-4-5-13(16)11(2)9-12/h3-5,9,20H,1,6-8,10H2,2H3. The minimum Gasteiger partial charge on any atom is -0.395 e. The largest absolute Gasteiger partial charge is 0.395 e. The molecule has 0 unspecified atom stereocenters. The summed E-state index contributed by atoms with van der Waals surface area (Å²) in [6.07, 6.45) is 1.75. The first-order valence-corrected chi connectivity index (χ1v) is 6.67. The molecule has 5 nitrogen and oxygen atoms in total. The summed E-state index contributed by atoms with van der Waals surface area (Å²) >= 11 is 0. The molecular formula is C15H18FN3O2. The van der Waals surface area contributed by atoms with Gasteiger partial charge in [0, 0.05) is 18.7 Å². The van der Waals surface area contributed by atoms with Crippen LogP contribution in [0.4, 0.5) is 4.39 Å². The van der Waals surface area contributed by atoms with Gasteiger partial charge in [-0.05, 0) is 30.7 Å². The SMILES string of the molecule is C=CCN(CCO)Cc1nc(-c2ccc(F)c(C)c2)no1. The number of rotatable bonds is 7. The lowest BCUT2D eigenvalue weighted by molar-refractivity contribution is 0.186. The highest BCUT2D eigenvalue weighted by Crippen LogP contribution is 2.19. The van der Waals surface area contributed by atoms with Crippen LogP contribution in [0.2, 0.25) is 0 Å². The summed E-state index contributed by atoms with van der Waals surface area (Å²) in [5, 5.41) is 12.9. The third kappa shape index (κ3) is 3.96. The van der Waals surface area contributed by atoms with E-state index in [1.165, 1.54) is 6.07 Å².